The van der Waals surface area contributed by atoms with E-state index in [1.54, 1.807) is 18.3 Å². The van der Waals surface area contributed by atoms with Crippen LogP contribution in [-0.2, 0) is 11.3 Å². The highest BCUT2D eigenvalue weighted by Crippen LogP contribution is 2.19. The SMILES string of the molecule is CN(Cc1cnc2nc(N)nc(N)c2n1)c1ccc(C(=O)OCCCCN)cc1. The Kier molecular flexibility index (Phi) is 6.35. The van der Waals surface area contributed by atoms with E-state index in [1.165, 1.54) is 0 Å². The van der Waals surface area contributed by atoms with Crippen molar-refractivity contribution in [3.05, 3.63) is 41.7 Å². The molecule has 0 bridgehead atoms. The second kappa shape index (κ2) is 9.11. The number of fused-ring (bicyclic) bond motifs is 1. The van der Waals surface area contributed by atoms with E-state index in [9.17, 15) is 4.79 Å². The number of hydrogen-bond donors (Lipinski definition) is 3. The Balaban J connectivity index is 1.65. The first-order valence-electron chi connectivity index (χ1n) is 9.21. The van der Waals surface area contributed by atoms with Crippen LogP contribution in [0.15, 0.2) is 30.5 Å². The maximum Gasteiger partial charge on any atom is 0.338 e. The molecule has 0 radical (unpaired) electrons. The second-order valence-electron chi connectivity index (χ2n) is 6.54. The molecular formula is C19H24N8O2. The van der Waals surface area contributed by atoms with E-state index in [0.29, 0.717) is 42.1 Å². The van der Waals surface area contributed by atoms with E-state index < -0.39 is 0 Å². The second-order valence-corrected chi connectivity index (χ2v) is 6.54. The summed E-state index contributed by atoms with van der Waals surface area (Å²) < 4.78 is 5.23. The molecule has 0 fully saturated rings. The summed E-state index contributed by atoms with van der Waals surface area (Å²) in [4.78, 5) is 30.7. The number of aromatic nitrogens is 4. The van der Waals surface area contributed by atoms with Crippen LogP contribution in [0.1, 0.15) is 28.9 Å². The summed E-state index contributed by atoms with van der Waals surface area (Å²) in [7, 11) is 1.91. The molecule has 10 heteroatoms. The van der Waals surface area contributed by atoms with Gasteiger partial charge >= 0.3 is 5.97 Å². The Hall–Kier alpha value is -3.53. The average molecular weight is 396 g/mol. The van der Waals surface area contributed by atoms with E-state index in [2.05, 4.69) is 19.9 Å². The topological polar surface area (TPSA) is 159 Å². The molecule has 0 aliphatic rings. The van der Waals surface area contributed by atoms with Crippen LogP contribution in [-0.4, -0.2) is 46.1 Å². The number of nitrogens with zero attached hydrogens (tertiary/aromatic N) is 5. The minimum absolute atomic E-state index is 0.0622. The van der Waals surface area contributed by atoms with Gasteiger partial charge in [-0.1, -0.05) is 0 Å². The molecule has 10 nitrogen and oxygen atoms in total. The highest BCUT2D eigenvalue weighted by atomic mass is 16.5. The number of benzene rings is 1. The smallest absolute Gasteiger partial charge is 0.338 e. The molecule has 2 aromatic heterocycles. The molecule has 3 aromatic rings. The summed E-state index contributed by atoms with van der Waals surface area (Å²) in [6.45, 7) is 1.44. The lowest BCUT2D eigenvalue weighted by Gasteiger charge is -2.19. The van der Waals surface area contributed by atoms with Crippen LogP contribution < -0.4 is 22.1 Å². The van der Waals surface area contributed by atoms with E-state index >= 15 is 0 Å². The molecule has 0 aliphatic carbocycles. The number of carbonyl (C=O) groups excluding carboxylic acids is 1. The van der Waals surface area contributed by atoms with Gasteiger partial charge in [-0.05, 0) is 43.7 Å². The number of ether oxygens (including phenoxy) is 1. The van der Waals surface area contributed by atoms with Gasteiger partial charge in [0.15, 0.2) is 17.0 Å². The van der Waals surface area contributed by atoms with Gasteiger partial charge in [0, 0.05) is 12.7 Å². The van der Waals surface area contributed by atoms with E-state index in [1.807, 2.05) is 24.1 Å². The first kappa shape index (κ1) is 20.2. The third-order valence-electron chi connectivity index (χ3n) is 4.28. The maximum atomic E-state index is 12.0. The van der Waals surface area contributed by atoms with Gasteiger partial charge < -0.3 is 26.8 Å². The molecule has 6 N–H and O–H groups in total. The predicted octanol–water partition coefficient (Wildman–Crippen LogP) is 1.12. The first-order chi connectivity index (χ1) is 14.0. The largest absolute Gasteiger partial charge is 0.462 e. The molecule has 0 saturated heterocycles. The summed E-state index contributed by atoms with van der Waals surface area (Å²) in [6, 6.07) is 7.17. The van der Waals surface area contributed by atoms with Gasteiger partial charge in [-0.3, -0.25) is 0 Å². The minimum Gasteiger partial charge on any atom is -0.462 e. The lowest BCUT2D eigenvalue weighted by atomic mass is 10.2. The number of rotatable bonds is 8. The molecule has 0 amide bonds. The zero-order chi connectivity index (χ0) is 20.8. The van der Waals surface area contributed by atoms with Crippen molar-refractivity contribution in [3.8, 4) is 0 Å². The van der Waals surface area contributed by atoms with Crippen molar-refractivity contribution in [2.75, 3.05) is 36.6 Å². The maximum absolute atomic E-state index is 12.0. The quantitative estimate of drug-likeness (QED) is 0.372. The zero-order valence-electron chi connectivity index (χ0n) is 16.2. The Morgan fingerprint density at radius 3 is 2.59 bits per heavy atom. The van der Waals surface area contributed by atoms with E-state index in [0.717, 1.165) is 18.5 Å². The molecule has 0 atom stereocenters. The molecule has 29 heavy (non-hydrogen) atoms. The summed E-state index contributed by atoms with van der Waals surface area (Å²) in [5, 5.41) is 0. The minimum atomic E-state index is -0.341. The fourth-order valence-electron chi connectivity index (χ4n) is 2.74. The number of esters is 1. The third-order valence-corrected chi connectivity index (χ3v) is 4.28. The molecule has 0 saturated carbocycles. The Labute approximate surface area is 168 Å². The van der Waals surface area contributed by atoms with Crippen LogP contribution in [0.25, 0.3) is 11.2 Å². The van der Waals surface area contributed by atoms with Gasteiger partial charge in [0.05, 0.1) is 30.6 Å². The average Bonchev–Trinajstić information content (AvgIpc) is 2.71. The van der Waals surface area contributed by atoms with Crippen LogP contribution in [0, 0.1) is 0 Å². The molecule has 152 valence electrons. The van der Waals surface area contributed by atoms with Crippen LogP contribution in [0.2, 0.25) is 0 Å². The lowest BCUT2D eigenvalue weighted by Crippen LogP contribution is -2.18. The van der Waals surface area contributed by atoms with E-state index in [-0.39, 0.29) is 17.7 Å². The Morgan fingerprint density at radius 1 is 1.10 bits per heavy atom. The molecular weight excluding hydrogens is 372 g/mol. The first-order valence-corrected chi connectivity index (χ1v) is 9.21. The van der Waals surface area contributed by atoms with Crippen molar-refractivity contribution in [2.24, 2.45) is 5.73 Å². The van der Waals surface area contributed by atoms with Gasteiger partial charge in [-0.25, -0.2) is 14.8 Å². The molecule has 1 aromatic carbocycles. The summed E-state index contributed by atoms with van der Waals surface area (Å²) in [5.41, 5.74) is 19.8. The number of carbonyl (C=O) groups is 1. The number of hydrogen-bond acceptors (Lipinski definition) is 10. The fourth-order valence-corrected chi connectivity index (χ4v) is 2.74. The monoisotopic (exact) mass is 396 g/mol. The number of anilines is 3. The van der Waals surface area contributed by atoms with Crippen LogP contribution >= 0.6 is 0 Å². The van der Waals surface area contributed by atoms with Gasteiger partial charge in [0.1, 0.15) is 0 Å². The number of nitrogen functional groups attached to an aromatic ring is 2. The van der Waals surface area contributed by atoms with Crippen molar-refractivity contribution in [3.63, 3.8) is 0 Å². The van der Waals surface area contributed by atoms with Crippen molar-refractivity contribution in [1.29, 1.82) is 0 Å². The summed E-state index contributed by atoms with van der Waals surface area (Å²) in [5.74, 6) is -0.0858. The molecule has 3 rings (SSSR count). The van der Waals surface area contributed by atoms with E-state index in [4.69, 9.17) is 21.9 Å². The van der Waals surface area contributed by atoms with Crippen molar-refractivity contribution < 1.29 is 9.53 Å². The van der Waals surface area contributed by atoms with Gasteiger partial charge in [-0.2, -0.15) is 9.97 Å². The Morgan fingerprint density at radius 2 is 1.86 bits per heavy atom. The summed E-state index contributed by atoms with van der Waals surface area (Å²) in [6.07, 6.45) is 3.22. The predicted molar refractivity (Wildman–Crippen MR) is 111 cm³/mol. The van der Waals surface area contributed by atoms with Gasteiger partial charge in [-0.15, -0.1) is 0 Å². The highest BCUT2D eigenvalue weighted by Gasteiger charge is 2.11. The molecule has 0 unspecified atom stereocenters. The van der Waals surface area contributed by atoms with Gasteiger partial charge in [0.2, 0.25) is 5.95 Å². The number of unbranched alkanes of at least 4 members (excludes halogenated alkanes) is 1. The van der Waals surface area contributed by atoms with Crippen molar-refractivity contribution in [1.82, 2.24) is 19.9 Å². The fraction of sp³-hybridized carbons (Fsp3) is 0.316. The summed E-state index contributed by atoms with van der Waals surface area (Å²) >= 11 is 0. The van der Waals surface area contributed by atoms with Crippen molar-refractivity contribution in [2.45, 2.75) is 19.4 Å². The zero-order valence-corrected chi connectivity index (χ0v) is 16.2. The molecule has 0 spiro atoms. The van der Waals surface area contributed by atoms with Crippen molar-refractivity contribution >= 4 is 34.6 Å². The number of nitrogens with two attached hydrogens (primary N) is 3. The third kappa shape index (κ3) is 5.05. The van der Waals surface area contributed by atoms with Crippen LogP contribution in [0.5, 0.6) is 0 Å². The standard InChI is InChI=1S/C19H24N8O2/c1-27(11-13-10-23-17-15(24-13)16(21)25-19(22)26-17)14-6-4-12(5-7-14)18(28)29-9-3-2-8-20/h4-7,10H,2-3,8-9,11,20H2,1H3,(H4,21,22,23,25,26). The van der Waals surface area contributed by atoms with Crippen LogP contribution in [0.4, 0.5) is 17.5 Å². The van der Waals surface area contributed by atoms with Crippen LogP contribution in [0.3, 0.4) is 0 Å². The Bertz CT molecular complexity index is 993. The normalized spacial score (nSPS) is 10.8. The molecule has 0 aliphatic heterocycles. The van der Waals surface area contributed by atoms with Gasteiger partial charge in [0.25, 0.3) is 0 Å². The lowest BCUT2D eigenvalue weighted by molar-refractivity contribution is 0.0499. The molecule has 2 heterocycles. The highest BCUT2D eigenvalue weighted by molar-refractivity contribution is 5.89.